The fraction of sp³-hybridized carbons (Fsp3) is 1.00. The Kier molecular flexibility index (Phi) is 5.88. The Balaban J connectivity index is 2.32. The van der Waals surface area contributed by atoms with E-state index in [0.717, 1.165) is 11.8 Å². The molecule has 0 aliphatic carbocycles. The van der Waals surface area contributed by atoms with Crippen LogP contribution in [0.1, 0.15) is 45.4 Å². The SMILES string of the molecule is CCCC(CCS)N1CCCCC1. The summed E-state index contributed by atoms with van der Waals surface area (Å²) in [5.74, 6) is 1.04. The third kappa shape index (κ3) is 3.90. The lowest BCUT2D eigenvalue weighted by molar-refractivity contribution is 0.151. The molecule has 1 saturated heterocycles. The highest BCUT2D eigenvalue weighted by atomic mass is 32.1. The molecular formula is C11H23NS. The Bertz CT molecular complexity index is 115. The number of rotatable bonds is 5. The molecule has 1 fully saturated rings. The highest BCUT2D eigenvalue weighted by molar-refractivity contribution is 7.80. The van der Waals surface area contributed by atoms with E-state index in [1.807, 2.05) is 0 Å². The first-order chi connectivity index (χ1) is 6.38. The molecule has 1 rings (SSSR count). The van der Waals surface area contributed by atoms with Gasteiger partial charge in [0.25, 0.3) is 0 Å². The molecule has 78 valence electrons. The van der Waals surface area contributed by atoms with Crippen molar-refractivity contribution in [2.75, 3.05) is 18.8 Å². The number of nitrogens with zero attached hydrogens (tertiary/aromatic N) is 1. The monoisotopic (exact) mass is 201 g/mol. The third-order valence-corrected chi connectivity index (χ3v) is 3.25. The second-order valence-electron chi connectivity index (χ2n) is 4.05. The second-order valence-corrected chi connectivity index (χ2v) is 4.50. The Hall–Kier alpha value is 0.310. The van der Waals surface area contributed by atoms with Gasteiger partial charge in [-0.25, -0.2) is 0 Å². The van der Waals surface area contributed by atoms with Crippen molar-refractivity contribution in [1.29, 1.82) is 0 Å². The molecule has 1 aliphatic rings. The van der Waals surface area contributed by atoms with Gasteiger partial charge in [-0.05, 0) is 44.5 Å². The summed E-state index contributed by atoms with van der Waals surface area (Å²) in [4.78, 5) is 2.68. The molecule has 0 aromatic carbocycles. The molecule has 1 unspecified atom stereocenters. The molecule has 2 heteroatoms. The molecular weight excluding hydrogens is 178 g/mol. The van der Waals surface area contributed by atoms with Gasteiger partial charge in [-0.1, -0.05) is 19.8 Å². The fourth-order valence-electron chi connectivity index (χ4n) is 2.28. The predicted molar refractivity (Wildman–Crippen MR) is 62.6 cm³/mol. The number of thiol groups is 1. The van der Waals surface area contributed by atoms with Crippen molar-refractivity contribution >= 4 is 12.6 Å². The molecule has 13 heavy (non-hydrogen) atoms. The predicted octanol–water partition coefficient (Wildman–Crippen LogP) is 2.96. The lowest BCUT2D eigenvalue weighted by Crippen LogP contribution is -2.39. The molecule has 1 atom stereocenters. The van der Waals surface area contributed by atoms with E-state index in [1.54, 1.807) is 0 Å². The van der Waals surface area contributed by atoms with Crippen molar-refractivity contribution in [3.63, 3.8) is 0 Å². The normalized spacial score (nSPS) is 21.7. The molecule has 0 radical (unpaired) electrons. The summed E-state index contributed by atoms with van der Waals surface area (Å²) >= 11 is 4.35. The average molecular weight is 201 g/mol. The van der Waals surface area contributed by atoms with Gasteiger partial charge in [0, 0.05) is 6.04 Å². The van der Waals surface area contributed by atoms with Crippen LogP contribution in [0, 0.1) is 0 Å². The van der Waals surface area contributed by atoms with Crippen molar-refractivity contribution in [1.82, 2.24) is 4.90 Å². The molecule has 0 saturated carbocycles. The van der Waals surface area contributed by atoms with E-state index >= 15 is 0 Å². The van der Waals surface area contributed by atoms with Gasteiger partial charge >= 0.3 is 0 Å². The van der Waals surface area contributed by atoms with Crippen LogP contribution in [0.3, 0.4) is 0 Å². The van der Waals surface area contributed by atoms with Crippen LogP contribution in [-0.2, 0) is 0 Å². The Morgan fingerprint density at radius 1 is 1.15 bits per heavy atom. The standard InChI is InChI=1S/C11H23NS/c1-2-6-11(7-10-13)12-8-4-3-5-9-12/h11,13H,2-10H2,1H3. The quantitative estimate of drug-likeness (QED) is 0.669. The molecule has 0 spiro atoms. The van der Waals surface area contributed by atoms with E-state index in [9.17, 15) is 0 Å². The zero-order valence-corrected chi connectivity index (χ0v) is 9.73. The minimum atomic E-state index is 0.822. The lowest BCUT2D eigenvalue weighted by atomic mass is 10.0. The topological polar surface area (TPSA) is 3.24 Å². The molecule has 0 aromatic rings. The van der Waals surface area contributed by atoms with Crippen molar-refractivity contribution in [2.45, 2.75) is 51.5 Å². The van der Waals surface area contributed by atoms with Crippen LogP contribution in [0.4, 0.5) is 0 Å². The minimum absolute atomic E-state index is 0.822. The van der Waals surface area contributed by atoms with Crippen molar-refractivity contribution in [3.8, 4) is 0 Å². The summed E-state index contributed by atoms with van der Waals surface area (Å²) in [5.41, 5.74) is 0. The van der Waals surface area contributed by atoms with Crippen molar-refractivity contribution in [3.05, 3.63) is 0 Å². The van der Waals surface area contributed by atoms with Gasteiger partial charge in [0.15, 0.2) is 0 Å². The Morgan fingerprint density at radius 3 is 2.38 bits per heavy atom. The number of likely N-dealkylation sites (tertiary alicyclic amines) is 1. The van der Waals surface area contributed by atoms with Crippen molar-refractivity contribution < 1.29 is 0 Å². The highest BCUT2D eigenvalue weighted by Gasteiger charge is 2.18. The Labute approximate surface area is 88.3 Å². The fourth-order valence-corrected chi connectivity index (χ4v) is 2.57. The van der Waals surface area contributed by atoms with Crippen LogP contribution >= 0.6 is 12.6 Å². The zero-order valence-electron chi connectivity index (χ0n) is 8.84. The van der Waals surface area contributed by atoms with Gasteiger partial charge in [-0.2, -0.15) is 12.6 Å². The van der Waals surface area contributed by atoms with Crippen LogP contribution in [0.5, 0.6) is 0 Å². The largest absolute Gasteiger partial charge is 0.300 e. The van der Waals surface area contributed by atoms with Crippen LogP contribution in [0.2, 0.25) is 0 Å². The average Bonchev–Trinajstić information content (AvgIpc) is 2.19. The highest BCUT2D eigenvalue weighted by Crippen LogP contribution is 2.17. The summed E-state index contributed by atoms with van der Waals surface area (Å²) in [6.07, 6.45) is 8.21. The summed E-state index contributed by atoms with van der Waals surface area (Å²) < 4.78 is 0. The Morgan fingerprint density at radius 2 is 1.85 bits per heavy atom. The maximum atomic E-state index is 4.35. The zero-order chi connectivity index (χ0) is 9.52. The first-order valence-electron chi connectivity index (χ1n) is 5.73. The number of hydrogen-bond acceptors (Lipinski definition) is 2. The van der Waals surface area contributed by atoms with Gasteiger partial charge < -0.3 is 4.90 Å². The third-order valence-electron chi connectivity index (χ3n) is 2.99. The molecule has 1 nitrogen and oxygen atoms in total. The molecule has 0 bridgehead atoms. The van der Waals surface area contributed by atoms with Gasteiger partial charge in [-0.3, -0.25) is 0 Å². The first-order valence-corrected chi connectivity index (χ1v) is 6.36. The molecule has 0 amide bonds. The van der Waals surface area contributed by atoms with E-state index in [0.29, 0.717) is 0 Å². The summed E-state index contributed by atoms with van der Waals surface area (Å²) in [6.45, 7) is 4.95. The maximum Gasteiger partial charge on any atom is 0.0103 e. The molecule has 1 heterocycles. The summed E-state index contributed by atoms with van der Waals surface area (Å²) in [7, 11) is 0. The van der Waals surface area contributed by atoms with E-state index in [4.69, 9.17) is 0 Å². The molecule has 0 aromatic heterocycles. The molecule has 1 aliphatic heterocycles. The van der Waals surface area contributed by atoms with Gasteiger partial charge in [0.1, 0.15) is 0 Å². The van der Waals surface area contributed by atoms with Gasteiger partial charge in [0.2, 0.25) is 0 Å². The maximum absolute atomic E-state index is 4.35. The molecule has 0 N–H and O–H groups in total. The minimum Gasteiger partial charge on any atom is -0.300 e. The van der Waals surface area contributed by atoms with Gasteiger partial charge in [-0.15, -0.1) is 0 Å². The van der Waals surface area contributed by atoms with Crippen LogP contribution in [0.25, 0.3) is 0 Å². The van der Waals surface area contributed by atoms with Crippen LogP contribution < -0.4 is 0 Å². The first kappa shape index (κ1) is 11.4. The second kappa shape index (κ2) is 6.72. The lowest BCUT2D eigenvalue weighted by Gasteiger charge is -2.34. The summed E-state index contributed by atoms with van der Waals surface area (Å²) in [6, 6.07) is 0.822. The van der Waals surface area contributed by atoms with Gasteiger partial charge in [0.05, 0.1) is 0 Å². The van der Waals surface area contributed by atoms with Crippen molar-refractivity contribution in [2.24, 2.45) is 0 Å². The van der Waals surface area contributed by atoms with E-state index in [-0.39, 0.29) is 0 Å². The number of piperidine rings is 1. The van der Waals surface area contributed by atoms with E-state index in [2.05, 4.69) is 24.5 Å². The van der Waals surface area contributed by atoms with E-state index in [1.165, 1.54) is 51.6 Å². The summed E-state index contributed by atoms with van der Waals surface area (Å²) in [5, 5.41) is 0. The number of hydrogen-bond donors (Lipinski definition) is 1. The van der Waals surface area contributed by atoms with E-state index < -0.39 is 0 Å². The van der Waals surface area contributed by atoms with Crippen LogP contribution in [0.15, 0.2) is 0 Å². The van der Waals surface area contributed by atoms with Crippen LogP contribution in [-0.4, -0.2) is 29.8 Å². The smallest absolute Gasteiger partial charge is 0.0103 e.